The summed E-state index contributed by atoms with van der Waals surface area (Å²) in [6.45, 7) is 0. The summed E-state index contributed by atoms with van der Waals surface area (Å²) in [7, 11) is 9.12. The van der Waals surface area contributed by atoms with Crippen LogP contribution < -0.4 is 9.47 Å². The molecule has 0 N–H and O–H groups in total. The van der Waals surface area contributed by atoms with Gasteiger partial charge in [-0.2, -0.15) is 0 Å². The normalized spacial score (nSPS) is 17.4. The van der Waals surface area contributed by atoms with Crippen molar-refractivity contribution in [1.29, 1.82) is 0 Å². The van der Waals surface area contributed by atoms with Gasteiger partial charge in [-0.1, -0.05) is 19.8 Å². The molecular weight excluding hydrogens is 390 g/mol. The lowest BCUT2D eigenvalue weighted by Gasteiger charge is -2.40. The number of benzene rings is 2. The molecule has 2 aliphatic heterocycles. The minimum absolute atomic E-state index is 0.0228. The molecule has 3 aromatic rings. The fraction of sp³-hybridized carbons (Fsp3) is 0.143. The molecule has 22 heavy (non-hydrogen) atoms. The molecule has 2 unspecified atom stereocenters. The van der Waals surface area contributed by atoms with E-state index in [0.717, 1.165) is 11.5 Å². The third-order valence-corrected chi connectivity index (χ3v) is 49.4. The molecule has 3 heterocycles. The van der Waals surface area contributed by atoms with Gasteiger partial charge in [-0.15, -0.1) is 0 Å². The van der Waals surface area contributed by atoms with E-state index in [2.05, 4.69) is 79.0 Å². The van der Waals surface area contributed by atoms with Gasteiger partial charge in [0.25, 0.3) is 0 Å². The molecule has 2 atom stereocenters. The third kappa shape index (κ3) is 2.13. The van der Waals surface area contributed by atoms with Gasteiger partial charge in [-0.3, -0.25) is 0 Å². The van der Waals surface area contributed by atoms with Crippen LogP contribution in [-0.2, 0) is 0 Å². The highest BCUT2D eigenvalue weighted by Gasteiger charge is 2.44. The third-order valence-electron chi connectivity index (χ3n) is 3.50. The predicted octanol–water partition coefficient (Wildman–Crippen LogP) is 7.45. The quantitative estimate of drug-likeness (QED) is 0.329. The second kappa shape index (κ2) is 5.94. The van der Waals surface area contributed by atoms with E-state index in [0.29, 0.717) is 0 Å². The van der Waals surface area contributed by atoms with Crippen molar-refractivity contribution in [1.82, 2.24) is 0 Å². The zero-order valence-electron chi connectivity index (χ0n) is 12.0. The molecule has 2 aliphatic rings. The minimum atomic E-state index is -0.843. The zero-order chi connectivity index (χ0) is 15.2. The van der Waals surface area contributed by atoms with Crippen molar-refractivity contribution in [2.24, 2.45) is 0 Å². The van der Waals surface area contributed by atoms with Gasteiger partial charge in [0, 0.05) is 9.79 Å². The van der Waals surface area contributed by atoms with Crippen LogP contribution in [0.15, 0.2) is 58.3 Å². The molecule has 0 spiro atoms. The van der Waals surface area contributed by atoms with E-state index in [9.17, 15) is 0 Å². The molecule has 2 aromatic carbocycles. The molecular formula is C14H14O2P2S4. The highest BCUT2D eigenvalue weighted by molar-refractivity contribution is 9.28. The first-order chi connectivity index (χ1) is 10.8. The zero-order valence-corrected chi connectivity index (χ0v) is 17.0. The molecule has 5 rings (SSSR count). The van der Waals surface area contributed by atoms with Crippen molar-refractivity contribution in [3.05, 3.63) is 48.5 Å². The van der Waals surface area contributed by atoms with Crippen LogP contribution in [0.2, 0.25) is 0 Å². The van der Waals surface area contributed by atoms with E-state index in [4.69, 9.17) is 9.47 Å². The van der Waals surface area contributed by atoms with E-state index in [1.165, 1.54) is 9.79 Å². The number of hydrogen-bond acceptors (Lipinski definition) is 5. The Morgan fingerprint density at radius 2 is 1.14 bits per heavy atom. The van der Waals surface area contributed by atoms with E-state index in [1.54, 1.807) is 14.2 Å². The summed E-state index contributed by atoms with van der Waals surface area (Å²) in [4.78, 5) is 3.04. The lowest BCUT2D eigenvalue weighted by Crippen LogP contribution is -1.93. The standard InChI is InChI=1S/C14H14O2P2S4/c1-15-11-3-7-13(8-4-11)22(17-19-18(22)21-20-17)14-9-5-12(16-2)6-10-14/h3-10H,1-2H3. The van der Waals surface area contributed by atoms with Gasteiger partial charge in [0.05, 0.1) is 24.4 Å². The van der Waals surface area contributed by atoms with Crippen molar-refractivity contribution in [3.63, 3.8) is 0 Å². The van der Waals surface area contributed by atoms with Crippen molar-refractivity contribution in [2.75, 3.05) is 14.2 Å². The van der Waals surface area contributed by atoms with Gasteiger partial charge in [0.1, 0.15) is 11.5 Å². The van der Waals surface area contributed by atoms with Gasteiger partial charge in [0.15, 0.2) is 0 Å². The van der Waals surface area contributed by atoms with Crippen molar-refractivity contribution >= 4 is 49.9 Å². The Morgan fingerprint density at radius 1 is 0.727 bits per heavy atom. The summed E-state index contributed by atoms with van der Waals surface area (Å²) in [6, 6.07) is 17.6. The average molecular weight is 404 g/mol. The highest BCUT2D eigenvalue weighted by atomic mass is 33.8. The summed E-state index contributed by atoms with van der Waals surface area (Å²) in [6.07, 6.45) is 0. The molecule has 2 bridgehead atoms. The Morgan fingerprint density at radius 3 is 1.45 bits per heavy atom. The fourth-order valence-electron chi connectivity index (χ4n) is 2.36. The van der Waals surface area contributed by atoms with Gasteiger partial charge in [0.2, 0.25) is 0 Å². The average Bonchev–Trinajstić information content (AvgIpc) is 3.20. The predicted molar refractivity (Wildman–Crippen MR) is 104 cm³/mol. The van der Waals surface area contributed by atoms with Gasteiger partial charge >= 0.3 is 0 Å². The smallest absolute Gasteiger partial charge is 0.118 e. The monoisotopic (exact) mass is 404 g/mol. The SMILES string of the molecule is COc1ccc(S2(c3ccc(OC)cc3)p3ssp2s3)cc1. The van der Waals surface area contributed by atoms with Crippen molar-refractivity contribution in [3.8, 4) is 11.5 Å². The summed E-state index contributed by atoms with van der Waals surface area (Å²) in [5, 5.41) is -0.0455. The first-order valence-corrected chi connectivity index (χ1v) is 17.5. The maximum atomic E-state index is 5.33. The Labute approximate surface area is 142 Å². The second-order valence-corrected chi connectivity index (χ2v) is 28.4. The van der Waals surface area contributed by atoms with Gasteiger partial charge in [-0.05, 0) is 68.4 Å². The molecule has 0 saturated heterocycles. The van der Waals surface area contributed by atoms with Crippen LogP contribution in [0.25, 0.3) is 0 Å². The van der Waals surface area contributed by atoms with Gasteiger partial charge in [-0.25, -0.2) is 0 Å². The lowest BCUT2D eigenvalue weighted by atomic mass is 10.3. The fourth-order valence-corrected chi connectivity index (χ4v) is 73.1. The first-order valence-electron chi connectivity index (χ1n) is 6.54. The number of hydrogen-bond donors (Lipinski definition) is 0. The molecule has 0 fully saturated rings. The topological polar surface area (TPSA) is 18.5 Å². The van der Waals surface area contributed by atoms with Crippen LogP contribution in [0.4, 0.5) is 0 Å². The molecule has 2 nitrogen and oxygen atoms in total. The van der Waals surface area contributed by atoms with E-state index in [1.807, 2.05) is 0 Å². The highest BCUT2D eigenvalue weighted by Crippen LogP contribution is 3.08. The number of rotatable bonds is 4. The molecule has 116 valence electrons. The number of fused-ring (bicyclic) bond motifs is 1. The minimum Gasteiger partial charge on any atom is -0.497 e. The molecule has 8 heteroatoms. The maximum absolute atomic E-state index is 5.33. The summed E-state index contributed by atoms with van der Waals surface area (Å²) in [5.41, 5.74) is 0. The molecule has 0 amide bonds. The molecule has 0 saturated carbocycles. The van der Waals surface area contributed by atoms with E-state index in [-0.39, 0.29) is 10.2 Å². The van der Waals surface area contributed by atoms with Crippen LogP contribution in [0.1, 0.15) is 0 Å². The van der Waals surface area contributed by atoms with Crippen LogP contribution in [-0.4, -0.2) is 14.2 Å². The van der Waals surface area contributed by atoms with E-state index >= 15 is 0 Å². The van der Waals surface area contributed by atoms with Crippen LogP contribution >= 0.6 is 49.9 Å². The number of methoxy groups -OCH3 is 2. The Kier molecular flexibility index (Phi) is 4.10. The number of ether oxygens (including phenoxy) is 2. The van der Waals surface area contributed by atoms with Gasteiger partial charge < -0.3 is 9.47 Å². The van der Waals surface area contributed by atoms with Crippen LogP contribution in [0.3, 0.4) is 0 Å². The van der Waals surface area contributed by atoms with E-state index < -0.39 is 9.27 Å². The Bertz CT molecular complexity index is 742. The lowest BCUT2D eigenvalue weighted by molar-refractivity contribution is 0.414. The Hall–Kier alpha value is -0.350. The second-order valence-electron chi connectivity index (χ2n) is 4.58. The summed E-state index contributed by atoms with van der Waals surface area (Å²) >= 11 is 0. The van der Waals surface area contributed by atoms with Crippen molar-refractivity contribution < 1.29 is 9.47 Å². The molecule has 1 aromatic heterocycles. The van der Waals surface area contributed by atoms with Crippen LogP contribution in [0.5, 0.6) is 11.5 Å². The Balaban J connectivity index is 1.85. The summed E-state index contributed by atoms with van der Waals surface area (Å²) < 4.78 is 10.7. The van der Waals surface area contributed by atoms with Crippen molar-refractivity contribution in [2.45, 2.75) is 9.79 Å². The van der Waals surface area contributed by atoms with Crippen LogP contribution in [0, 0.1) is 0 Å². The first kappa shape index (κ1) is 15.2. The largest absolute Gasteiger partial charge is 0.497 e. The molecule has 0 aliphatic carbocycles. The molecule has 0 radical (unpaired) electrons. The maximum Gasteiger partial charge on any atom is 0.118 e. The summed E-state index contributed by atoms with van der Waals surface area (Å²) in [5.74, 6) is 1.88.